The van der Waals surface area contributed by atoms with Crippen molar-refractivity contribution < 1.29 is 14.3 Å². The Kier molecular flexibility index (Phi) is 4.53. The highest BCUT2D eigenvalue weighted by molar-refractivity contribution is 6.30. The van der Waals surface area contributed by atoms with Gasteiger partial charge in [-0.25, -0.2) is 0 Å². The molecule has 0 aliphatic rings. The van der Waals surface area contributed by atoms with E-state index < -0.39 is 0 Å². The van der Waals surface area contributed by atoms with Gasteiger partial charge in [0.2, 0.25) is 0 Å². The fourth-order valence-corrected chi connectivity index (χ4v) is 1.86. The van der Waals surface area contributed by atoms with Gasteiger partial charge in [0.15, 0.2) is 5.22 Å². The maximum absolute atomic E-state index is 9.31. The van der Waals surface area contributed by atoms with Crippen LogP contribution in [0.15, 0.2) is 40.8 Å². The Morgan fingerprint density at radius 2 is 2.06 bits per heavy atom. The van der Waals surface area contributed by atoms with Crippen molar-refractivity contribution in [2.75, 3.05) is 13.2 Å². The monoisotopic (exact) mass is 286 g/mol. The average molecular weight is 287 g/mol. The predicted molar refractivity (Wildman–Crippen MR) is 70.5 cm³/mol. The van der Waals surface area contributed by atoms with Crippen molar-refractivity contribution in [1.29, 1.82) is 0 Å². The fraction of sp³-hybridized carbons (Fsp3) is 0.231. The molecule has 18 heavy (non-hydrogen) atoms. The van der Waals surface area contributed by atoms with Crippen LogP contribution in [0.5, 0.6) is 5.75 Å². The molecule has 1 atom stereocenters. The summed E-state index contributed by atoms with van der Waals surface area (Å²) in [5.41, 5.74) is 0. The maximum Gasteiger partial charge on any atom is 0.193 e. The SMILES string of the molecule is OCC(COc1cccc(Cl)c1)c1ccc(Cl)o1. The van der Waals surface area contributed by atoms with Crippen LogP contribution in [0.1, 0.15) is 11.7 Å². The third-order valence-corrected chi connectivity index (χ3v) is 2.90. The van der Waals surface area contributed by atoms with Gasteiger partial charge in [-0.1, -0.05) is 17.7 Å². The summed E-state index contributed by atoms with van der Waals surface area (Å²) in [6.07, 6.45) is 0. The van der Waals surface area contributed by atoms with Crippen LogP contribution in [-0.4, -0.2) is 18.3 Å². The number of hydrogen-bond acceptors (Lipinski definition) is 3. The zero-order chi connectivity index (χ0) is 13.0. The highest BCUT2D eigenvalue weighted by atomic mass is 35.5. The first kappa shape index (κ1) is 13.3. The van der Waals surface area contributed by atoms with Crippen LogP contribution in [0, 0.1) is 0 Å². The molecule has 1 N–H and O–H groups in total. The summed E-state index contributed by atoms with van der Waals surface area (Å²) < 4.78 is 10.8. The Morgan fingerprint density at radius 1 is 1.22 bits per heavy atom. The summed E-state index contributed by atoms with van der Waals surface area (Å²) in [6.45, 7) is 0.213. The third kappa shape index (κ3) is 3.42. The number of aliphatic hydroxyl groups is 1. The lowest BCUT2D eigenvalue weighted by Crippen LogP contribution is -2.13. The molecule has 0 spiro atoms. The molecule has 5 heteroatoms. The van der Waals surface area contributed by atoms with Gasteiger partial charge in [-0.3, -0.25) is 0 Å². The molecule has 96 valence electrons. The summed E-state index contributed by atoms with van der Waals surface area (Å²) in [7, 11) is 0. The quantitative estimate of drug-likeness (QED) is 0.910. The van der Waals surface area contributed by atoms with Crippen molar-refractivity contribution in [1.82, 2.24) is 0 Å². The minimum Gasteiger partial charge on any atom is -0.493 e. The minimum atomic E-state index is -0.253. The number of furan rings is 1. The van der Waals surface area contributed by atoms with Crippen molar-refractivity contribution in [2.45, 2.75) is 5.92 Å². The molecule has 1 aromatic carbocycles. The molecule has 1 aromatic heterocycles. The van der Waals surface area contributed by atoms with Crippen LogP contribution in [-0.2, 0) is 0 Å². The topological polar surface area (TPSA) is 42.6 Å². The van der Waals surface area contributed by atoms with Gasteiger partial charge in [-0.05, 0) is 41.9 Å². The molecule has 2 aromatic rings. The zero-order valence-electron chi connectivity index (χ0n) is 9.48. The van der Waals surface area contributed by atoms with Crippen LogP contribution in [0.25, 0.3) is 0 Å². The van der Waals surface area contributed by atoms with Crippen molar-refractivity contribution in [2.24, 2.45) is 0 Å². The van der Waals surface area contributed by atoms with E-state index in [4.69, 9.17) is 32.4 Å². The zero-order valence-corrected chi connectivity index (χ0v) is 11.0. The van der Waals surface area contributed by atoms with Gasteiger partial charge < -0.3 is 14.3 Å². The Bertz CT molecular complexity index is 510. The molecule has 0 saturated carbocycles. The number of aliphatic hydroxyl groups excluding tert-OH is 1. The largest absolute Gasteiger partial charge is 0.493 e. The van der Waals surface area contributed by atoms with Gasteiger partial charge in [0.25, 0.3) is 0 Å². The van der Waals surface area contributed by atoms with Crippen molar-refractivity contribution in [3.63, 3.8) is 0 Å². The van der Waals surface area contributed by atoms with Gasteiger partial charge >= 0.3 is 0 Å². The number of benzene rings is 1. The summed E-state index contributed by atoms with van der Waals surface area (Å²) in [5.74, 6) is 1.000. The highest BCUT2D eigenvalue weighted by Crippen LogP contribution is 2.23. The van der Waals surface area contributed by atoms with Crippen molar-refractivity contribution >= 4 is 23.2 Å². The smallest absolute Gasteiger partial charge is 0.193 e. The van der Waals surface area contributed by atoms with Crippen LogP contribution >= 0.6 is 23.2 Å². The molecule has 0 saturated heterocycles. The van der Waals surface area contributed by atoms with E-state index in [9.17, 15) is 5.11 Å². The molecule has 1 unspecified atom stereocenters. The maximum atomic E-state index is 9.31. The molecule has 0 amide bonds. The first-order valence-electron chi connectivity index (χ1n) is 5.43. The molecule has 0 bridgehead atoms. The summed E-state index contributed by atoms with van der Waals surface area (Å²) in [6, 6.07) is 10.4. The van der Waals surface area contributed by atoms with Crippen LogP contribution in [0.4, 0.5) is 0 Å². The highest BCUT2D eigenvalue weighted by Gasteiger charge is 2.15. The summed E-state index contributed by atoms with van der Waals surface area (Å²) >= 11 is 11.5. The van der Waals surface area contributed by atoms with E-state index in [0.29, 0.717) is 28.4 Å². The number of rotatable bonds is 5. The molecular weight excluding hydrogens is 275 g/mol. The second kappa shape index (κ2) is 6.14. The van der Waals surface area contributed by atoms with Gasteiger partial charge in [0.1, 0.15) is 18.1 Å². The Balaban J connectivity index is 1.99. The molecule has 0 aliphatic heterocycles. The average Bonchev–Trinajstić information content (AvgIpc) is 2.77. The normalized spacial score (nSPS) is 12.4. The first-order chi connectivity index (χ1) is 8.69. The van der Waals surface area contributed by atoms with Crippen LogP contribution in [0.3, 0.4) is 0 Å². The first-order valence-corrected chi connectivity index (χ1v) is 6.19. The van der Waals surface area contributed by atoms with Gasteiger partial charge in [0, 0.05) is 5.02 Å². The van der Waals surface area contributed by atoms with Gasteiger partial charge in [0.05, 0.1) is 12.5 Å². The van der Waals surface area contributed by atoms with Gasteiger partial charge in [-0.2, -0.15) is 0 Å². The summed E-state index contributed by atoms with van der Waals surface area (Å²) in [5, 5.41) is 10.2. The molecule has 0 radical (unpaired) electrons. The fourth-order valence-electron chi connectivity index (χ4n) is 1.53. The standard InChI is InChI=1S/C13H12Cl2O3/c14-10-2-1-3-11(6-10)17-8-9(7-16)12-4-5-13(15)18-12/h1-6,9,16H,7-8H2. The number of halogens is 2. The van der Waals surface area contributed by atoms with E-state index in [1.807, 2.05) is 0 Å². The Labute approximate surface area is 115 Å². The molecule has 0 aliphatic carbocycles. The van der Waals surface area contributed by atoms with E-state index >= 15 is 0 Å². The van der Waals surface area contributed by atoms with Crippen LogP contribution in [0.2, 0.25) is 10.2 Å². The number of hydrogen-bond donors (Lipinski definition) is 1. The molecule has 0 fully saturated rings. The Morgan fingerprint density at radius 3 is 2.67 bits per heavy atom. The van der Waals surface area contributed by atoms with Crippen molar-refractivity contribution in [3.05, 3.63) is 52.4 Å². The second-order valence-corrected chi connectivity index (χ2v) is 4.60. The van der Waals surface area contributed by atoms with Crippen molar-refractivity contribution in [3.8, 4) is 5.75 Å². The molecule has 2 rings (SSSR count). The van der Waals surface area contributed by atoms with Gasteiger partial charge in [-0.15, -0.1) is 0 Å². The predicted octanol–water partition coefficient (Wildman–Crippen LogP) is 3.74. The molecule has 1 heterocycles. The van der Waals surface area contributed by atoms with E-state index in [0.717, 1.165) is 0 Å². The lowest BCUT2D eigenvalue weighted by Gasteiger charge is -2.13. The van der Waals surface area contributed by atoms with E-state index in [1.54, 1.807) is 36.4 Å². The lowest BCUT2D eigenvalue weighted by atomic mass is 10.1. The molecular formula is C13H12Cl2O3. The second-order valence-electron chi connectivity index (χ2n) is 3.79. The third-order valence-electron chi connectivity index (χ3n) is 2.46. The lowest BCUT2D eigenvalue weighted by molar-refractivity contribution is 0.190. The van der Waals surface area contributed by atoms with E-state index in [1.165, 1.54) is 0 Å². The minimum absolute atomic E-state index is 0.0790. The van der Waals surface area contributed by atoms with Crippen LogP contribution < -0.4 is 4.74 Å². The van der Waals surface area contributed by atoms with E-state index in [2.05, 4.69) is 0 Å². The number of ether oxygens (including phenoxy) is 1. The molecule has 3 nitrogen and oxygen atoms in total. The summed E-state index contributed by atoms with van der Waals surface area (Å²) in [4.78, 5) is 0. The van der Waals surface area contributed by atoms with E-state index in [-0.39, 0.29) is 12.5 Å². The Hall–Kier alpha value is -1.16.